The highest BCUT2D eigenvalue weighted by Gasteiger charge is 2.24. The number of pyridine rings is 1. The Balaban J connectivity index is 1.58. The molecule has 1 saturated carbocycles. The van der Waals surface area contributed by atoms with Gasteiger partial charge in [-0.3, -0.25) is 14.6 Å². The van der Waals surface area contributed by atoms with Crippen LogP contribution in [0.2, 0.25) is 0 Å². The summed E-state index contributed by atoms with van der Waals surface area (Å²) in [5.41, 5.74) is 1.69. The number of hydrogen-bond donors (Lipinski definition) is 2. The maximum atomic E-state index is 12.3. The Labute approximate surface area is 146 Å². The van der Waals surface area contributed by atoms with Gasteiger partial charge < -0.3 is 15.4 Å². The molecule has 1 aliphatic carbocycles. The fourth-order valence-corrected chi connectivity index (χ4v) is 2.26. The number of benzene rings is 1. The van der Waals surface area contributed by atoms with Crippen molar-refractivity contribution in [3.8, 4) is 0 Å². The standard InChI is InChI=1S/C19H21N3O3/c1-13(25-12-14-5-6-14)18(23)22-17-4-2-3-15(11-17)19(24)21-16-7-9-20-10-8-16/h2-4,7-11,13-14H,5-6,12H2,1H3,(H,22,23)(H,20,21,24)/t13-/m0/s1. The van der Waals surface area contributed by atoms with Crippen LogP contribution in [0.5, 0.6) is 0 Å². The lowest BCUT2D eigenvalue weighted by Gasteiger charge is -2.13. The predicted octanol–water partition coefficient (Wildman–Crippen LogP) is 3.09. The SMILES string of the molecule is C[C@H](OCC1CC1)C(=O)Nc1cccc(C(=O)Nc2ccncc2)c1. The largest absolute Gasteiger partial charge is 0.368 e. The molecule has 0 aliphatic heterocycles. The van der Waals surface area contributed by atoms with Gasteiger partial charge in [0.25, 0.3) is 11.8 Å². The van der Waals surface area contributed by atoms with Gasteiger partial charge in [-0.2, -0.15) is 0 Å². The molecule has 6 heteroatoms. The van der Waals surface area contributed by atoms with E-state index in [1.807, 2.05) is 0 Å². The number of ether oxygens (including phenoxy) is 1. The van der Waals surface area contributed by atoms with Crippen molar-refractivity contribution in [2.75, 3.05) is 17.2 Å². The monoisotopic (exact) mass is 339 g/mol. The van der Waals surface area contributed by atoms with Crippen LogP contribution in [0.15, 0.2) is 48.8 Å². The smallest absolute Gasteiger partial charge is 0.255 e. The van der Waals surface area contributed by atoms with E-state index in [-0.39, 0.29) is 11.8 Å². The summed E-state index contributed by atoms with van der Waals surface area (Å²) in [7, 11) is 0. The summed E-state index contributed by atoms with van der Waals surface area (Å²) in [4.78, 5) is 28.4. The summed E-state index contributed by atoms with van der Waals surface area (Å²) in [5.74, 6) is 0.142. The maximum absolute atomic E-state index is 12.3. The Morgan fingerprint density at radius 2 is 1.92 bits per heavy atom. The normalized spacial score (nSPS) is 14.6. The van der Waals surface area contributed by atoms with Crippen LogP contribution >= 0.6 is 0 Å². The zero-order valence-electron chi connectivity index (χ0n) is 14.1. The maximum Gasteiger partial charge on any atom is 0.255 e. The number of hydrogen-bond acceptors (Lipinski definition) is 4. The number of aromatic nitrogens is 1. The summed E-state index contributed by atoms with van der Waals surface area (Å²) in [6.07, 6.45) is 5.06. The van der Waals surface area contributed by atoms with Crippen LogP contribution in [-0.4, -0.2) is 29.5 Å². The molecule has 0 spiro atoms. The number of anilines is 2. The van der Waals surface area contributed by atoms with Crippen LogP contribution in [0, 0.1) is 5.92 Å². The van der Waals surface area contributed by atoms with Crippen molar-refractivity contribution < 1.29 is 14.3 Å². The Hall–Kier alpha value is -2.73. The van der Waals surface area contributed by atoms with Gasteiger partial charge in [0.1, 0.15) is 6.10 Å². The van der Waals surface area contributed by atoms with Gasteiger partial charge in [-0.15, -0.1) is 0 Å². The minimum atomic E-state index is -0.519. The molecule has 0 saturated heterocycles. The summed E-state index contributed by atoms with van der Waals surface area (Å²) in [5, 5.41) is 5.58. The van der Waals surface area contributed by atoms with Crippen LogP contribution in [0.4, 0.5) is 11.4 Å². The summed E-state index contributed by atoms with van der Waals surface area (Å²) < 4.78 is 5.56. The lowest BCUT2D eigenvalue weighted by molar-refractivity contribution is -0.126. The molecule has 2 N–H and O–H groups in total. The van der Waals surface area contributed by atoms with Crippen molar-refractivity contribution in [2.45, 2.75) is 25.9 Å². The molecule has 0 bridgehead atoms. The molecule has 3 rings (SSSR count). The van der Waals surface area contributed by atoms with E-state index in [0.717, 1.165) is 0 Å². The fourth-order valence-electron chi connectivity index (χ4n) is 2.26. The molecular weight excluding hydrogens is 318 g/mol. The minimum absolute atomic E-state index is 0.215. The number of rotatable bonds is 7. The molecule has 0 unspecified atom stereocenters. The first-order chi connectivity index (χ1) is 12.1. The van der Waals surface area contributed by atoms with Gasteiger partial charge in [0.05, 0.1) is 6.61 Å². The van der Waals surface area contributed by atoms with E-state index in [2.05, 4.69) is 15.6 Å². The molecule has 1 atom stereocenters. The van der Waals surface area contributed by atoms with Gasteiger partial charge in [-0.05, 0) is 56.0 Å². The third kappa shape index (κ3) is 5.12. The highest BCUT2D eigenvalue weighted by atomic mass is 16.5. The number of amides is 2. The molecule has 2 amide bonds. The number of nitrogens with one attached hydrogen (secondary N) is 2. The second-order valence-corrected chi connectivity index (χ2v) is 6.18. The summed E-state index contributed by atoms with van der Waals surface area (Å²) in [6, 6.07) is 10.2. The zero-order chi connectivity index (χ0) is 17.6. The molecule has 130 valence electrons. The molecule has 1 aliphatic rings. The fraction of sp³-hybridized carbons (Fsp3) is 0.316. The average Bonchev–Trinajstić information content (AvgIpc) is 3.45. The van der Waals surface area contributed by atoms with Gasteiger partial charge in [0, 0.05) is 29.3 Å². The van der Waals surface area contributed by atoms with Gasteiger partial charge in [0.2, 0.25) is 0 Å². The molecule has 1 aromatic carbocycles. The third-order valence-electron chi connectivity index (χ3n) is 3.98. The first kappa shape index (κ1) is 17.1. The zero-order valence-corrected chi connectivity index (χ0v) is 14.1. The molecule has 1 heterocycles. The summed E-state index contributed by atoms with van der Waals surface area (Å²) in [6.45, 7) is 2.36. The van der Waals surface area contributed by atoms with Crippen LogP contribution in [-0.2, 0) is 9.53 Å². The number of carbonyl (C=O) groups is 2. The van der Waals surface area contributed by atoms with E-state index in [1.165, 1.54) is 12.8 Å². The van der Waals surface area contributed by atoms with Crippen LogP contribution in [0.3, 0.4) is 0 Å². The van der Waals surface area contributed by atoms with Crippen molar-refractivity contribution in [2.24, 2.45) is 5.92 Å². The van der Waals surface area contributed by atoms with E-state index < -0.39 is 6.10 Å². The Morgan fingerprint density at radius 1 is 1.16 bits per heavy atom. The second kappa shape index (κ2) is 7.90. The quantitative estimate of drug-likeness (QED) is 0.812. The van der Waals surface area contributed by atoms with Crippen molar-refractivity contribution in [3.05, 3.63) is 54.4 Å². The lowest BCUT2D eigenvalue weighted by Crippen LogP contribution is -2.28. The predicted molar refractivity (Wildman–Crippen MR) is 95.4 cm³/mol. The van der Waals surface area contributed by atoms with E-state index in [0.29, 0.717) is 29.5 Å². The summed E-state index contributed by atoms with van der Waals surface area (Å²) >= 11 is 0. The van der Waals surface area contributed by atoms with E-state index in [4.69, 9.17) is 4.74 Å². The molecule has 0 radical (unpaired) electrons. The van der Waals surface area contributed by atoms with Gasteiger partial charge >= 0.3 is 0 Å². The Kier molecular flexibility index (Phi) is 5.40. The topological polar surface area (TPSA) is 80.3 Å². The van der Waals surface area contributed by atoms with Crippen LogP contribution in [0.1, 0.15) is 30.1 Å². The van der Waals surface area contributed by atoms with E-state index in [9.17, 15) is 9.59 Å². The first-order valence-electron chi connectivity index (χ1n) is 8.36. The molecule has 1 fully saturated rings. The average molecular weight is 339 g/mol. The molecule has 6 nitrogen and oxygen atoms in total. The Bertz CT molecular complexity index is 745. The minimum Gasteiger partial charge on any atom is -0.368 e. The van der Waals surface area contributed by atoms with Crippen LogP contribution < -0.4 is 10.6 Å². The number of nitrogens with zero attached hydrogens (tertiary/aromatic N) is 1. The van der Waals surface area contributed by atoms with Gasteiger partial charge in [0.15, 0.2) is 0 Å². The molecular formula is C19H21N3O3. The third-order valence-corrected chi connectivity index (χ3v) is 3.98. The van der Waals surface area contributed by atoms with Crippen LogP contribution in [0.25, 0.3) is 0 Å². The van der Waals surface area contributed by atoms with E-state index >= 15 is 0 Å². The van der Waals surface area contributed by atoms with E-state index in [1.54, 1.807) is 55.7 Å². The van der Waals surface area contributed by atoms with Crippen molar-refractivity contribution in [1.82, 2.24) is 4.98 Å². The molecule has 2 aromatic rings. The molecule has 25 heavy (non-hydrogen) atoms. The number of carbonyl (C=O) groups excluding carboxylic acids is 2. The highest BCUT2D eigenvalue weighted by molar-refractivity contribution is 6.05. The Morgan fingerprint density at radius 3 is 2.64 bits per heavy atom. The molecule has 1 aromatic heterocycles. The van der Waals surface area contributed by atoms with Gasteiger partial charge in [-0.1, -0.05) is 6.07 Å². The van der Waals surface area contributed by atoms with Crippen molar-refractivity contribution in [3.63, 3.8) is 0 Å². The van der Waals surface area contributed by atoms with Crippen molar-refractivity contribution >= 4 is 23.2 Å². The lowest BCUT2D eigenvalue weighted by atomic mass is 10.1. The second-order valence-electron chi connectivity index (χ2n) is 6.18. The highest BCUT2D eigenvalue weighted by Crippen LogP contribution is 2.29. The first-order valence-corrected chi connectivity index (χ1v) is 8.36. The van der Waals surface area contributed by atoms with Gasteiger partial charge in [-0.25, -0.2) is 0 Å². The van der Waals surface area contributed by atoms with Crippen molar-refractivity contribution in [1.29, 1.82) is 0 Å².